The molecule has 42 heavy (non-hydrogen) atoms. The Kier molecular flexibility index (Phi) is 10.1. The van der Waals surface area contributed by atoms with Crippen LogP contribution in [0.4, 0.5) is 4.39 Å². The maximum Gasteiger partial charge on any atom is 0.123 e. The summed E-state index contributed by atoms with van der Waals surface area (Å²) < 4.78 is 14.1. The smallest absolute Gasteiger partial charge is 0.123 e. The monoisotopic (exact) mass is 555 g/mol. The van der Waals surface area contributed by atoms with Gasteiger partial charge in [-0.15, -0.1) is 0 Å². The highest BCUT2D eigenvalue weighted by Gasteiger charge is 2.15. The van der Waals surface area contributed by atoms with Crippen LogP contribution in [0.15, 0.2) is 127 Å². The molecule has 2 heterocycles. The number of nitrogens with zero attached hydrogens (tertiary/aromatic N) is 1. The van der Waals surface area contributed by atoms with E-state index in [1.54, 1.807) is 12.1 Å². The van der Waals surface area contributed by atoms with E-state index < -0.39 is 0 Å². The Hall–Kier alpha value is -4.96. The molecule has 0 radical (unpaired) electrons. The quantitative estimate of drug-likeness (QED) is 0.180. The highest BCUT2D eigenvalue weighted by molar-refractivity contribution is 5.84. The highest BCUT2D eigenvalue weighted by atomic mass is 19.1. The molecule has 0 atom stereocenters. The normalized spacial score (nSPS) is 13.5. The van der Waals surface area contributed by atoms with E-state index in [-0.39, 0.29) is 5.82 Å². The Bertz CT molecular complexity index is 1810. The van der Waals surface area contributed by atoms with Crippen LogP contribution in [0.5, 0.6) is 0 Å². The van der Waals surface area contributed by atoms with Gasteiger partial charge in [-0.3, -0.25) is 5.10 Å². The fraction of sp³-hybridized carbons (Fsp3) is 0.132. The predicted molar refractivity (Wildman–Crippen MR) is 177 cm³/mol. The first-order valence-corrected chi connectivity index (χ1v) is 14.1. The van der Waals surface area contributed by atoms with E-state index in [1.165, 1.54) is 17.7 Å². The minimum absolute atomic E-state index is 0.282. The molecule has 212 valence electrons. The number of aryl methyl sites for hydroxylation is 2. The van der Waals surface area contributed by atoms with Gasteiger partial charge < -0.3 is 4.98 Å². The van der Waals surface area contributed by atoms with Gasteiger partial charge in [-0.05, 0) is 91.3 Å². The minimum atomic E-state index is -0.282. The number of aromatic amines is 2. The first-order valence-electron chi connectivity index (χ1n) is 14.1. The van der Waals surface area contributed by atoms with Crippen molar-refractivity contribution in [3.8, 4) is 11.4 Å². The van der Waals surface area contributed by atoms with Crippen LogP contribution < -0.4 is 10.6 Å². The Labute approximate surface area is 248 Å². The summed E-state index contributed by atoms with van der Waals surface area (Å²) in [5.41, 5.74) is 9.55. The van der Waals surface area contributed by atoms with E-state index in [0.717, 1.165) is 73.9 Å². The van der Waals surface area contributed by atoms with E-state index in [9.17, 15) is 4.39 Å². The number of rotatable bonds is 11. The zero-order valence-electron chi connectivity index (χ0n) is 24.7. The van der Waals surface area contributed by atoms with Crippen molar-refractivity contribution in [1.82, 2.24) is 15.2 Å². The number of nitrogens with one attached hydrogen (secondary N) is 2. The minimum Gasteiger partial charge on any atom is -0.357 e. The summed E-state index contributed by atoms with van der Waals surface area (Å²) in [4.78, 5) is 3.50. The van der Waals surface area contributed by atoms with Crippen molar-refractivity contribution < 1.29 is 4.39 Å². The Morgan fingerprint density at radius 1 is 1.02 bits per heavy atom. The van der Waals surface area contributed by atoms with Gasteiger partial charge in [0, 0.05) is 16.5 Å². The zero-order chi connectivity index (χ0) is 30.1. The van der Waals surface area contributed by atoms with Crippen LogP contribution in [0.3, 0.4) is 0 Å². The second-order valence-electron chi connectivity index (χ2n) is 10.1. The maximum atomic E-state index is 14.1. The molecule has 2 N–H and O–H groups in total. The Balaban J connectivity index is 1.71. The van der Waals surface area contributed by atoms with E-state index in [4.69, 9.17) is 0 Å². The lowest BCUT2D eigenvalue weighted by Gasteiger charge is -2.07. The molecule has 0 aliphatic heterocycles. The number of benzene rings is 2. The van der Waals surface area contributed by atoms with Crippen LogP contribution in [-0.2, 0) is 6.42 Å². The van der Waals surface area contributed by atoms with Gasteiger partial charge in [-0.2, -0.15) is 5.10 Å². The largest absolute Gasteiger partial charge is 0.357 e. The number of H-pyrrole nitrogens is 2. The Morgan fingerprint density at radius 2 is 1.81 bits per heavy atom. The summed E-state index contributed by atoms with van der Waals surface area (Å²) in [7, 11) is 0. The summed E-state index contributed by atoms with van der Waals surface area (Å²) in [6.07, 6.45) is 15.7. The molecule has 4 aromatic rings. The molecular weight excluding hydrogens is 517 g/mol. The van der Waals surface area contributed by atoms with Crippen molar-refractivity contribution in [2.75, 3.05) is 0 Å². The van der Waals surface area contributed by atoms with Crippen LogP contribution in [-0.4, -0.2) is 15.2 Å². The molecule has 3 nitrogen and oxygen atoms in total. The molecule has 2 aromatic heterocycles. The van der Waals surface area contributed by atoms with Crippen molar-refractivity contribution in [2.24, 2.45) is 0 Å². The number of hydrogen-bond donors (Lipinski definition) is 2. The summed E-state index contributed by atoms with van der Waals surface area (Å²) in [5, 5.41) is 9.68. The second-order valence-corrected chi connectivity index (χ2v) is 10.1. The third-order valence-electron chi connectivity index (χ3n) is 7.25. The van der Waals surface area contributed by atoms with Gasteiger partial charge in [0.1, 0.15) is 11.5 Å². The Morgan fingerprint density at radius 3 is 2.48 bits per heavy atom. The van der Waals surface area contributed by atoms with E-state index >= 15 is 0 Å². The standard InChI is InChI=1S/C38H38FN3/c1-7-15-33(31-18-14-19-32(39)24-31)34-25-37(40-27(34)6)38-35(36(10-4)41-42-38)22-26(5)30(9-3)23-28(8-2)20-21-29-16-12-11-13-17-29/h7-19,22-25,40-41H,1-2,5,20-21H2,3-4,6H3/b28-23+,30-9+,33-15-,35-22+,36-10+. The number of halogens is 1. The van der Waals surface area contributed by atoms with Crippen LogP contribution >= 0.6 is 0 Å². The fourth-order valence-electron chi connectivity index (χ4n) is 5.00. The van der Waals surface area contributed by atoms with Crippen molar-refractivity contribution >= 4 is 17.7 Å². The summed E-state index contributed by atoms with van der Waals surface area (Å²) in [5.74, 6) is -0.282. The maximum absolute atomic E-state index is 14.1. The van der Waals surface area contributed by atoms with E-state index in [2.05, 4.69) is 83.5 Å². The van der Waals surface area contributed by atoms with Crippen molar-refractivity contribution in [2.45, 2.75) is 33.6 Å². The molecule has 0 saturated heterocycles. The van der Waals surface area contributed by atoms with E-state index in [1.807, 2.05) is 51.1 Å². The lowest BCUT2D eigenvalue weighted by atomic mass is 9.97. The lowest BCUT2D eigenvalue weighted by molar-refractivity contribution is 0.627. The second kappa shape index (κ2) is 14.1. The van der Waals surface area contributed by atoms with Crippen LogP contribution in [0.25, 0.3) is 29.1 Å². The zero-order valence-corrected chi connectivity index (χ0v) is 24.7. The van der Waals surface area contributed by atoms with Gasteiger partial charge in [0.2, 0.25) is 0 Å². The molecule has 0 saturated carbocycles. The fourth-order valence-corrected chi connectivity index (χ4v) is 5.00. The van der Waals surface area contributed by atoms with Crippen molar-refractivity contribution in [1.29, 1.82) is 0 Å². The number of hydrogen-bond acceptors (Lipinski definition) is 1. The van der Waals surface area contributed by atoms with Crippen LogP contribution in [0.2, 0.25) is 0 Å². The van der Waals surface area contributed by atoms with Gasteiger partial charge in [0.15, 0.2) is 0 Å². The summed E-state index contributed by atoms with van der Waals surface area (Å²) >= 11 is 0. The molecule has 0 bridgehead atoms. The molecule has 0 aliphatic rings. The number of aromatic nitrogens is 3. The summed E-state index contributed by atoms with van der Waals surface area (Å²) in [6.45, 7) is 18.3. The average molecular weight is 556 g/mol. The molecule has 4 rings (SSSR count). The topological polar surface area (TPSA) is 44.5 Å². The lowest BCUT2D eigenvalue weighted by Crippen LogP contribution is -2.23. The van der Waals surface area contributed by atoms with Gasteiger partial charge in [-0.1, -0.05) is 98.7 Å². The third-order valence-corrected chi connectivity index (χ3v) is 7.25. The molecule has 2 aromatic carbocycles. The molecule has 0 spiro atoms. The first-order chi connectivity index (χ1) is 20.4. The highest BCUT2D eigenvalue weighted by Crippen LogP contribution is 2.30. The van der Waals surface area contributed by atoms with Crippen molar-refractivity contribution in [3.05, 3.63) is 166 Å². The molecular formula is C38H38FN3. The van der Waals surface area contributed by atoms with Gasteiger partial charge in [0.25, 0.3) is 0 Å². The summed E-state index contributed by atoms with van der Waals surface area (Å²) in [6, 6.07) is 19.1. The van der Waals surface area contributed by atoms with Gasteiger partial charge in [-0.25, -0.2) is 4.39 Å². The third kappa shape index (κ3) is 7.02. The first kappa shape index (κ1) is 30.0. The molecule has 0 aliphatic carbocycles. The number of allylic oxidation sites excluding steroid dienone is 8. The van der Waals surface area contributed by atoms with E-state index in [0.29, 0.717) is 0 Å². The molecule has 4 heteroatoms. The molecule has 0 fully saturated rings. The molecule has 0 unspecified atom stereocenters. The van der Waals surface area contributed by atoms with Gasteiger partial charge in [0.05, 0.1) is 11.0 Å². The van der Waals surface area contributed by atoms with Crippen LogP contribution in [0.1, 0.15) is 42.7 Å². The molecule has 0 amide bonds. The predicted octanol–water partition coefficient (Wildman–Crippen LogP) is 8.30. The van der Waals surface area contributed by atoms with Crippen molar-refractivity contribution in [3.63, 3.8) is 0 Å². The average Bonchev–Trinajstić information content (AvgIpc) is 3.58. The SMILES string of the molecule is C=C/C=C(/c1cccc(F)c1)c1cc(-c2n[nH]c(=C/C)/c2=C\C(=C)C(/C=C(\C=C)CCc2ccccc2)=C/C)[nH]c1C. The van der Waals surface area contributed by atoms with Crippen LogP contribution in [0, 0.1) is 12.7 Å². The van der Waals surface area contributed by atoms with Gasteiger partial charge >= 0.3 is 0 Å².